The van der Waals surface area contributed by atoms with Crippen LogP contribution < -0.4 is 14.8 Å². The van der Waals surface area contributed by atoms with Gasteiger partial charge in [0.15, 0.2) is 18.1 Å². The molecule has 0 heterocycles. The number of oxime groups is 1. The van der Waals surface area contributed by atoms with Crippen molar-refractivity contribution in [3.63, 3.8) is 0 Å². The Morgan fingerprint density at radius 1 is 1.19 bits per heavy atom. The molecule has 0 aliphatic heterocycles. The van der Waals surface area contributed by atoms with Crippen LogP contribution in [0.25, 0.3) is 0 Å². The first kappa shape index (κ1) is 19.1. The fraction of sp³-hybridized carbons (Fsp3) is 0.200. The van der Waals surface area contributed by atoms with E-state index in [4.69, 9.17) is 14.3 Å². The van der Waals surface area contributed by atoms with Crippen LogP contribution in [0.4, 0.5) is 5.69 Å². The molecule has 0 unspecified atom stereocenters. The van der Waals surface area contributed by atoms with Crippen LogP contribution in [-0.2, 0) is 9.63 Å². The molecular weight excluding hydrogens is 332 g/mol. The predicted molar refractivity (Wildman–Crippen MR) is 102 cm³/mol. The van der Waals surface area contributed by atoms with E-state index in [1.165, 1.54) is 6.21 Å². The van der Waals surface area contributed by atoms with Crippen molar-refractivity contribution in [2.45, 2.75) is 6.92 Å². The zero-order valence-corrected chi connectivity index (χ0v) is 14.9. The van der Waals surface area contributed by atoms with Crippen molar-refractivity contribution in [3.8, 4) is 11.5 Å². The largest absolute Gasteiger partial charge is 0.493 e. The van der Waals surface area contributed by atoms with Crippen molar-refractivity contribution in [2.75, 3.05) is 25.6 Å². The van der Waals surface area contributed by atoms with Crippen molar-refractivity contribution < 1.29 is 19.1 Å². The van der Waals surface area contributed by atoms with Gasteiger partial charge in [0.1, 0.15) is 6.61 Å². The van der Waals surface area contributed by atoms with Gasteiger partial charge in [-0.1, -0.05) is 35.5 Å². The summed E-state index contributed by atoms with van der Waals surface area (Å²) in [5.74, 6) is 0.910. The Morgan fingerprint density at radius 3 is 2.65 bits per heavy atom. The number of ether oxygens (including phenoxy) is 2. The molecule has 2 aromatic carbocycles. The molecule has 0 bridgehead atoms. The lowest BCUT2D eigenvalue weighted by molar-refractivity contribution is -0.120. The zero-order chi connectivity index (χ0) is 18.8. The summed E-state index contributed by atoms with van der Waals surface area (Å²) in [5.41, 5.74) is 2.60. The number of hydrogen-bond donors (Lipinski definition) is 1. The maximum absolute atomic E-state index is 11.8. The molecule has 0 aliphatic rings. The van der Waals surface area contributed by atoms with Gasteiger partial charge in [0.2, 0.25) is 0 Å². The number of nitrogens with zero attached hydrogens (tertiary/aromatic N) is 1. The molecule has 0 atom stereocenters. The molecule has 0 aromatic heterocycles. The van der Waals surface area contributed by atoms with Crippen molar-refractivity contribution in [3.05, 3.63) is 66.2 Å². The van der Waals surface area contributed by atoms with E-state index < -0.39 is 0 Å². The lowest BCUT2D eigenvalue weighted by Gasteiger charge is -2.09. The SMILES string of the molecule is C=CCOc1ccc(/C=N/OCC(=O)Nc2ccc(C)cc2)cc1OC. The molecule has 0 spiro atoms. The second kappa shape index (κ2) is 9.88. The van der Waals surface area contributed by atoms with Gasteiger partial charge in [0.05, 0.1) is 13.3 Å². The molecule has 6 nitrogen and oxygen atoms in total. The average Bonchev–Trinajstić information content (AvgIpc) is 2.65. The maximum atomic E-state index is 11.8. The molecule has 2 rings (SSSR count). The van der Waals surface area contributed by atoms with Crippen LogP contribution in [0.5, 0.6) is 11.5 Å². The van der Waals surface area contributed by atoms with Crippen molar-refractivity contribution >= 4 is 17.8 Å². The van der Waals surface area contributed by atoms with Crippen molar-refractivity contribution in [1.29, 1.82) is 0 Å². The van der Waals surface area contributed by atoms with E-state index in [1.807, 2.05) is 31.2 Å². The predicted octanol–water partition coefficient (Wildman–Crippen LogP) is 3.56. The molecule has 6 heteroatoms. The van der Waals surface area contributed by atoms with Crippen LogP contribution in [0, 0.1) is 6.92 Å². The third-order valence-corrected chi connectivity index (χ3v) is 3.35. The number of carbonyl (C=O) groups excluding carboxylic acids is 1. The van der Waals surface area contributed by atoms with Crippen molar-refractivity contribution in [2.24, 2.45) is 5.16 Å². The molecule has 26 heavy (non-hydrogen) atoms. The standard InChI is InChI=1S/C20H22N2O4/c1-4-11-25-18-10-7-16(12-19(18)24-3)13-21-26-14-20(23)22-17-8-5-15(2)6-9-17/h4-10,12-13H,1,11,14H2,2-3H3,(H,22,23)/b21-13+. The molecule has 136 valence electrons. The highest BCUT2D eigenvalue weighted by molar-refractivity contribution is 5.91. The molecular formula is C20H22N2O4. The van der Waals surface area contributed by atoms with Gasteiger partial charge in [-0.3, -0.25) is 4.79 Å². The van der Waals surface area contributed by atoms with E-state index in [1.54, 1.807) is 31.4 Å². The Balaban J connectivity index is 1.84. The fourth-order valence-electron chi connectivity index (χ4n) is 2.06. The number of methoxy groups -OCH3 is 1. The smallest absolute Gasteiger partial charge is 0.265 e. The van der Waals surface area contributed by atoms with Crippen LogP contribution in [0.3, 0.4) is 0 Å². The van der Waals surface area contributed by atoms with Crippen LogP contribution >= 0.6 is 0 Å². The van der Waals surface area contributed by atoms with E-state index in [0.717, 1.165) is 11.1 Å². The van der Waals surface area contributed by atoms with Crippen LogP contribution in [0.1, 0.15) is 11.1 Å². The lowest BCUT2D eigenvalue weighted by atomic mass is 10.2. The summed E-state index contributed by atoms with van der Waals surface area (Å²) < 4.78 is 10.8. The van der Waals surface area contributed by atoms with Crippen LogP contribution in [0.2, 0.25) is 0 Å². The molecule has 0 fully saturated rings. The van der Waals surface area contributed by atoms with Gasteiger partial charge in [0.25, 0.3) is 5.91 Å². The third kappa shape index (κ3) is 5.98. The monoisotopic (exact) mass is 354 g/mol. The number of nitrogens with one attached hydrogen (secondary N) is 1. The maximum Gasteiger partial charge on any atom is 0.265 e. The highest BCUT2D eigenvalue weighted by Crippen LogP contribution is 2.27. The minimum Gasteiger partial charge on any atom is -0.493 e. The zero-order valence-electron chi connectivity index (χ0n) is 14.9. The third-order valence-electron chi connectivity index (χ3n) is 3.35. The van der Waals surface area contributed by atoms with Gasteiger partial charge in [-0.25, -0.2) is 0 Å². The summed E-state index contributed by atoms with van der Waals surface area (Å²) in [5, 5.41) is 6.54. The lowest BCUT2D eigenvalue weighted by Crippen LogP contribution is -2.16. The minimum atomic E-state index is -0.281. The second-order valence-corrected chi connectivity index (χ2v) is 5.43. The summed E-state index contributed by atoms with van der Waals surface area (Å²) in [6, 6.07) is 12.8. The van der Waals surface area contributed by atoms with Gasteiger partial charge >= 0.3 is 0 Å². The molecule has 2 aromatic rings. The average molecular weight is 354 g/mol. The first-order valence-electron chi connectivity index (χ1n) is 8.06. The van der Waals surface area contributed by atoms with E-state index >= 15 is 0 Å². The van der Waals surface area contributed by atoms with Crippen LogP contribution in [-0.4, -0.2) is 32.4 Å². The van der Waals surface area contributed by atoms with Crippen LogP contribution in [0.15, 0.2) is 60.3 Å². The topological polar surface area (TPSA) is 69.2 Å². The Hall–Kier alpha value is -3.28. The number of rotatable bonds is 9. The van der Waals surface area contributed by atoms with Crippen molar-refractivity contribution in [1.82, 2.24) is 0 Å². The first-order chi connectivity index (χ1) is 12.6. The van der Waals surface area contributed by atoms with E-state index in [-0.39, 0.29) is 12.5 Å². The normalized spacial score (nSPS) is 10.4. The van der Waals surface area contributed by atoms with E-state index in [0.29, 0.717) is 23.8 Å². The summed E-state index contributed by atoms with van der Waals surface area (Å²) in [7, 11) is 1.56. The number of carbonyl (C=O) groups is 1. The first-order valence-corrected chi connectivity index (χ1v) is 8.06. The quantitative estimate of drug-likeness (QED) is 0.425. The van der Waals surface area contributed by atoms with Gasteiger partial charge in [-0.2, -0.15) is 0 Å². The second-order valence-electron chi connectivity index (χ2n) is 5.43. The Labute approximate surface area is 153 Å². The fourth-order valence-corrected chi connectivity index (χ4v) is 2.06. The molecule has 0 saturated carbocycles. The number of aryl methyl sites for hydroxylation is 1. The Morgan fingerprint density at radius 2 is 1.96 bits per heavy atom. The highest BCUT2D eigenvalue weighted by atomic mass is 16.6. The Kier molecular flexibility index (Phi) is 7.24. The van der Waals surface area contributed by atoms with Gasteiger partial charge in [0, 0.05) is 11.3 Å². The summed E-state index contributed by atoms with van der Waals surface area (Å²) in [6.07, 6.45) is 3.16. The summed E-state index contributed by atoms with van der Waals surface area (Å²) in [4.78, 5) is 16.8. The van der Waals surface area contributed by atoms with E-state index in [9.17, 15) is 4.79 Å². The molecule has 1 amide bonds. The number of amides is 1. The molecule has 1 N–H and O–H groups in total. The summed E-state index contributed by atoms with van der Waals surface area (Å²) >= 11 is 0. The number of anilines is 1. The highest BCUT2D eigenvalue weighted by Gasteiger charge is 2.05. The molecule has 0 aliphatic carbocycles. The van der Waals surface area contributed by atoms with Gasteiger partial charge < -0.3 is 19.6 Å². The molecule has 0 radical (unpaired) electrons. The minimum absolute atomic E-state index is 0.179. The Bertz CT molecular complexity index is 770. The summed E-state index contributed by atoms with van der Waals surface area (Å²) in [6.45, 7) is 5.80. The van der Waals surface area contributed by atoms with Gasteiger partial charge in [-0.15, -0.1) is 0 Å². The van der Waals surface area contributed by atoms with E-state index in [2.05, 4.69) is 17.1 Å². The number of hydrogen-bond acceptors (Lipinski definition) is 5. The number of benzene rings is 2. The molecule has 0 saturated heterocycles. The van der Waals surface area contributed by atoms with Gasteiger partial charge in [-0.05, 0) is 37.3 Å².